The highest BCUT2D eigenvalue weighted by atomic mass is 16.5. The van der Waals surface area contributed by atoms with Crippen molar-refractivity contribution in [1.82, 2.24) is 25.2 Å². The first-order chi connectivity index (χ1) is 17.0. The van der Waals surface area contributed by atoms with Gasteiger partial charge in [0.1, 0.15) is 17.5 Å². The number of aliphatic carboxylic acids is 1. The second kappa shape index (κ2) is 10.8. The number of carbonyl (C=O) groups is 3. The molecule has 4 rings (SSSR count). The average molecular weight is 479 g/mol. The third-order valence-corrected chi connectivity index (χ3v) is 5.81. The molecular formula is C24H26N6O5. The summed E-state index contributed by atoms with van der Waals surface area (Å²) < 4.78 is 5.40. The Bertz CT molecular complexity index is 1210. The fourth-order valence-corrected chi connectivity index (χ4v) is 3.99. The molecule has 2 N–H and O–H groups in total. The first kappa shape index (κ1) is 23.9. The van der Waals surface area contributed by atoms with Crippen molar-refractivity contribution < 1.29 is 24.2 Å². The van der Waals surface area contributed by atoms with E-state index < -0.39 is 17.9 Å². The molecule has 1 fully saturated rings. The van der Waals surface area contributed by atoms with Gasteiger partial charge < -0.3 is 25.0 Å². The first-order valence-electron chi connectivity index (χ1n) is 11.2. The molecular weight excluding hydrogens is 452 g/mol. The van der Waals surface area contributed by atoms with Crippen molar-refractivity contribution in [3.63, 3.8) is 0 Å². The number of methoxy groups -OCH3 is 1. The second-order valence-corrected chi connectivity index (χ2v) is 8.05. The Morgan fingerprint density at radius 1 is 1.09 bits per heavy atom. The number of nitrogens with one attached hydrogen (secondary N) is 1. The molecule has 2 aromatic heterocycles. The molecule has 0 saturated carbocycles. The Labute approximate surface area is 201 Å². The van der Waals surface area contributed by atoms with E-state index in [2.05, 4.69) is 20.3 Å². The molecule has 1 aliphatic rings. The Hall–Kier alpha value is -4.28. The van der Waals surface area contributed by atoms with E-state index in [1.807, 2.05) is 17.0 Å². The molecule has 0 bridgehead atoms. The summed E-state index contributed by atoms with van der Waals surface area (Å²) in [4.78, 5) is 54.0. The highest BCUT2D eigenvalue weighted by molar-refractivity contribution is 5.99. The molecule has 0 radical (unpaired) electrons. The van der Waals surface area contributed by atoms with Gasteiger partial charge in [-0.1, -0.05) is 12.1 Å². The molecule has 35 heavy (non-hydrogen) atoms. The Morgan fingerprint density at radius 2 is 1.80 bits per heavy atom. The quantitative estimate of drug-likeness (QED) is 0.491. The normalized spacial score (nSPS) is 14.4. The number of amides is 2. The van der Waals surface area contributed by atoms with Crippen LogP contribution in [0.3, 0.4) is 0 Å². The number of piperazine rings is 1. The summed E-state index contributed by atoms with van der Waals surface area (Å²) in [7, 11) is 1.50. The van der Waals surface area contributed by atoms with Crippen LogP contribution in [-0.2, 0) is 9.59 Å². The Morgan fingerprint density at radius 3 is 2.49 bits per heavy atom. The Kier molecular flexibility index (Phi) is 7.34. The SMILES string of the molecule is COc1cc(C(=O)NC(CCC(=O)O)C(=O)N2CCN(c3ncccn3)CC2)nc2ccccc12. The number of carboxylic acids is 1. The van der Waals surface area contributed by atoms with Crippen LogP contribution in [0.15, 0.2) is 48.8 Å². The molecule has 1 aromatic carbocycles. The number of pyridine rings is 1. The number of rotatable bonds is 8. The van der Waals surface area contributed by atoms with Gasteiger partial charge in [0.2, 0.25) is 11.9 Å². The van der Waals surface area contributed by atoms with E-state index in [0.29, 0.717) is 43.4 Å². The number of benzene rings is 1. The maximum atomic E-state index is 13.3. The lowest BCUT2D eigenvalue weighted by atomic mass is 10.1. The van der Waals surface area contributed by atoms with Crippen molar-refractivity contribution in [3.8, 4) is 5.75 Å². The third-order valence-electron chi connectivity index (χ3n) is 5.81. The zero-order chi connectivity index (χ0) is 24.8. The minimum atomic E-state index is -1.05. The van der Waals surface area contributed by atoms with Crippen LogP contribution in [-0.4, -0.2) is 82.1 Å². The van der Waals surface area contributed by atoms with Gasteiger partial charge in [-0.05, 0) is 24.6 Å². The van der Waals surface area contributed by atoms with Gasteiger partial charge >= 0.3 is 5.97 Å². The van der Waals surface area contributed by atoms with E-state index in [0.717, 1.165) is 5.39 Å². The molecule has 0 spiro atoms. The number of nitrogens with zero attached hydrogens (tertiary/aromatic N) is 5. The number of para-hydroxylation sites is 1. The monoisotopic (exact) mass is 478 g/mol. The van der Waals surface area contributed by atoms with Crippen LogP contribution in [0.1, 0.15) is 23.3 Å². The lowest BCUT2D eigenvalue weighted by Crippen LogP contribution is -2.55. The van der Waals surface area contributed by atoms with Gasteiger partial charge in [0, 0.05) is 56.4 Å². The summed E-state index contributed by atoms with van der Waals surface area (Å²) >= 11 is 0. The lowest BCUT2D eigenvalue weighted by Gasteiger charge is -2.36. The van der Waals surface area contributed by atoms with Crippen molar-refractivity contribution in [1.29, 1.82) is 0 Å². The van der Waals surface area contributed by atoms with E-state index in [9.17, 15) is 14.4 Å². The summed E-state index contributed by atoms with van der Waals surface area (Å²) in [6.07, 6.45) is 3.02. The molecule has 3 heterocycles. The van der Waals surface area contributed by atoms with E-state index >= 15 is 0 Å². The molecule has 11 heteroatoms. The lowest BCUT2D eigenvalue weighted by molar-refractivity contribution is -0.138. The van der Waals surface area contributed by atoms with Gasteiger partial charge in [0.05, 0.1) is 12.6 Å². The number of aromatic nitrogens is 3. The number of carboxylic acid groups (broad SMARTS) is 1. The number of hydrogen-bond acceptors (Lipinski definition) is 8. The minimum absolute atomic E-state index is 0.0351. The summed E-state index contributed by atoms with van der Waals surface area (Å²) in [5.74, 6) is -0.885. The maximum absolute atomic E-state index is 13.3. The van der Waals surface area contributed by atoms with Crippen LogP contribution < -0.4 is 15.0 Å². The van der Waals surface area contributed by atoms with Crippen LogP contribution in [0, 0.1) is 0 Å². The highest BCUT2D eigenvalue weighted by Crippen LogP contribution is 2.25. The maximum Gasteiger partial charge on any atom is 0.303 e. The van der Waals surface area contributed by atoms with Crippen LogP contribution in [0.5, 0.6) is 5.75 Å². The topological polar surface area (TPSA) is 138 Å². The van der Waals surface area contributed by atoms with Crippen LogP contribution in [0.4, 0.5) is 5.95 Å². The van der Waals surface area contributed by atoms with Crippen molar-refractivity contribution in [2.75, 3.05) is 38.2 Å². The fraction of sp³-hybridized carbons (Fsp3) is 0.333. The number of anilines is 1. The van der Waals surface area contributed by atoms with Crippen molar-refractivity contribution >= 4 is 34.6 Å². The van der Waals surface area contributed by atoms with E-state index in [-0.39, 0.29) is 24.4 Å². The number of ether oxygens (including phenoxy) is 1. The molecule has 1 atom stereocenters. The Balaban J connectivity index is 1.48. The van der Waals surface area contributed by atoms with E-state index in [1.165, 1.54) is 13.2 Å². The fourth-order valence-electron chi connectivity index (χ4n) is 3.99. The molecule has 1 unspecified atom stereocenters. The second-order valence-electron chi connectivity index (χ2n) is 8.05. The largest absolute Gasteiger partial charge is 0.496 e. The summed E-state index contributed by atoms with van der Waals surface area (Å²) in [5.41, 5.74) is 0.657. The smallest absolute Gasteiger partial charge is 0.303 e. The van der Waals surface area contributed by atoms with Crippen LogP contribution in [0.2, 0.25) is 0 Å². The van der Waals surface area contributed by atoms with E-state index in [4.69, 9.17) is 9.84 Å². The predicted molar refractivity (Wildman–Crippen MR) is 127 cm³/mol. The minimum Gasteiger partial charge on any atom is -0.496 e. The average Bonchev–Trinajstić information content (AvgIpc) is 2.90. The van der Waals surface area contributed by atoms with Gasteiger partial charge in [-0.25, -0.2) is 15.0 Å². The highest BCUT2D eigenvalue weighted by Gasteiger charge is 2.30. The first-order valence-corrected chi connectivity index (χ1v) is 11.2. The van der Waals surface area contributed by atoms with Gasteiger partial charge in [-0.3, -0.25) is 14.4 Å². The van der Waals surface area contributed by atoms with Crippen molar-refractivity contribution in [3.05, 3.63) is 54.5 Å². The summed E-state index contributed by atoms with van der Waals surface area (Å²) in [6, 6.07) is 9.48. The zero-order valence-electron chi connectivity index (χ0n) is 19.3. The van der Waals surface area contributed by atoms with E-state index in [1.54, 1.807) is 35.5 Å². The van der Waals surface area contributed by atoms with Gasteiger partial charge in [-0.2, -0.15) is 0 Å². The van der Waals surface area contributed by atoms with Gasteiger partial charge in [0.15, 0.2) is 0 Å². The van der Waals surface area contributed by atoms with Gasteiger partial charge in [-0.15, -0.1) is 0 Å². The molecule has 1 aliphatic heterocycles. The predicted octanol–water partition coefficient (Wildman–Crippen LogP) is 1.35. The van der Waals surface area contributed by atoms with Crippen LogP contribution in [0.25, 0.3) is 10.9 Å². The molecule has 1 saturated heterocycles. The zero-order valence-corrected chi connectivity index (χ0v) is 19.3. The van der Waals surface area contributed by atoms with Crippen molar-refractivity contribution in [2.45, 2.75) is 18.9 Å². The number of fused-ring (bicyclic) bond motifs is 1. The molecule has 11 nitrogen and oxygen atoms in total. The molecule has 182 valence electrons. The van der Waals surface area contributed by atoms with Gasteiger partial charge in [0.25, 0.3) is 5.91 Å². The standard InChI is InChI=1S/C24H26N6O5/c1-35-20-15-19(27-17-6-3-2-5-16(17)20)22(33)28-18(7-8-21(31)32)23(34)29-11-13-30(14-12-29)24-25-9-4-10-26-24/h2-6,9-10,15,18H,7-8,11-14H2,1H3,(H,28,33)(H,31,32). The summed E-state index contributed by atoms with van der Waals surface area (Å²) in [5, 5.41) is 12.6. The number of carbonyl (C=O) groups excluding carboxylic acids is 2. The molecule has 0 aliphatic carbocycles. The summed E-state index contributed by atoms with van der Waals surface area (Å²) in [6.45, 7) is 1.86. The third kappa shape index (κ3) is 5.62. The van der Waals surface area contributed by atoms with Crippen molar-refractivity contribution in [2.24, 2.45) is 0 Å². The molecule has 3 aromatic rings. The molecule has 2 amide bonds. The number of hydrogen-bond donors (Lipinski definition) is 2. The van der Waals surface area contributed by atoms with Crippen LogP contribution >= 0.6 is 0 Å².